The number of hydrogen-bond acceptors (Lipinski definition) is 2. The Bertz CT molecular complexity index is 137. The minimum atomic E-state index is 0.320. The first-order valence-electron chi connectivity index (χ1n) is 4.21. The van der Waals surface area contributed by atoms with Gasteiger partial charge in [-0.15, -0.1) is 0 Å². The largest absolute Gasteiger partial charge is 0.368 e. The smallest absolute Gasteiger partial charge is 0.0973 e. The summed E-state index contributed by atoms with van der Waals surface area (Å²) >= 11 is 0. The Morgan fingerprint density at radius 3 is 2.09 bits per heavy atom. The average molecular weight is 157 g/mol. The van der Waals surface area contributed by atoms with Gasteiger partial charge in [0.2, 0.25) is 0 Å². The Labute approximate surface area is 69.5 Å². The molecule has 66 valence electrons. The molecule has 0 bridgehead atoms. The van der Waals surface area contributed by atoms with Crippen molar-refractivity contribution >= 4 is 0 Å². The van der Waals surface area contributed by atoms with Crippen LogP contribution in [0.5, 0.6) is 0 Å². The lowest BCUT2D eigenvalue weighted by atomic mass is 9.90. The summed E-state index contributed by atoms with van der Waals surface area (Å²) in [5.74, 6) is 0. The van der Waals surface area contributed by atoms with Crippen molar-refractivity contribution in [3.05, 3.63) is 0 Å². The second-order valence-corrected chi connectivity index (χ2v) is 4.72. The van der Waals surface area contributed by atoms with Crippen LogP contribution in [0, 0.1) is 5.41 Å². The molecule has 0 saturated carbocycles. The molecule has 1 rings (SSSR count). The molecule has 2 nitrogen and oxygen atoms in total. The van der Waals surface area contributed by atoms with Crippen LogP contribution in [0.2, 0.25) is 0 Å². The first kappa shape index (κ1) is 9.01. The van der Waals surface area contributed by atoms with Crippen LogP contribution in [-0.2, 0) is 4.74 Å². The van der Waals surface area contributed by atoms with Crippen LogP contribution in [0.1, 0.15) is 20.8 Å². The van der Waals surface area contributed by atoms with Crippen molar-refractivity contribution in [2.24, 2.45) is 5.41 Å². The highest BCUT2D eigenvalue weighted by atomic mass is 16.6. The first-order chi connectivity index (χ1) is 4.91. The summed E-state index contributed by atoms with van der Waals surface area (Å²) in [5.41, 5.74) is 0.320. The average Bonchev–Trinajstić information content (AvgIpc) is 2.40. The van der Waals surface area contributed by atoms with Gasteiger partial charge in [-0.05, 0) is 19.5 Å². The van der Waals surface area contributed by atoms with Crippen LogP contribution < -0.4 is 0 Å². The van der Waals surface area contributed by atoms with Crippen molar-refractivity contribution in [3.8, 4) is 0 Å². The Morgan fingerprint density at radius 2 is 1.82 bits per heavy atom. The van der Waals surface area contributed by atoms with E-state index in [1.165, 1.54) is 0 Å². The maximum absolute atomic E-state index is 5.55. The second kappa shape index (κ2) is 2.76. The van der Waals surface area contributed by atoms with E-state index in [2.05, 4.69) is 39.8 Å². The van der Waals surface area contributed by atoms with E-state index in [0.717, 1.165) is 6.54 Å². The van der Waals surface area contributed by atoms with Crippen LogP contribution in [0.4, 0.5) is 0 Å². The minimum absolute atomic E-state index is 0.320. The van der Waals surface area contributed by atoms with E-state index in [-0.39, 0.29) is 0 Å². The lowest BCUT2D eigenvalue weighted by Gasteiger charge is -2.15. The topological polar surface area (TPSA) is 15.8 Å². The fraction of sp³-hybridized carbons (Fsp3) is 1.00. The third-order valence-electron chi connectivity index (χ3n) is 1.98. The summed E-state index contributed by atoms with van der Waals surface area (Å²) in [6.07, 6.45) is 0.954. The zero-order valence-electron chi connectivity index (χ0n) is 8.22. The number of nitrogens with zero attached hydrogens (tertiary/aromatic N) is 1. The summed E-state index contributed by atoms with van der Waals surface area (Å²) < 4.78 is 5.55. The lowest BCUT2D eigenvalue weighted by molar-refractivity contribution is 0.255. The zero-order chi connectivity index (χ0) is 8.65. The highest BCUT2D eigenvalue weighted by molar-refractivity contribution is 4.94. The molecular weight excluding hydrogens is 138 g/mol. The van der Waals surface area contributed by atoms with Crippen LogP contribution >= 0.6 is 0 Å². The van der Waals surface area contributed by atoms with Crippen molar-refractivity contribution < 1.29 is 4.74 Å². The van der Waals surface area contributed by atoms with E-state index in [4.69, 9.17) is 4.74 Å². The second-order valence-electron chi connectivity index (χ2n) is 4.72. The van der Waals surface area contributed by atoms with Crippen molar-refractivity contribution in [2.75, 3.05) is 20.6 Å². The molecule has 0 N–H and O–H groups in total. The molecule has 2 unspecified atom stereocenters. The molecule has 0 spiro atoms. The summed E-state index contributed by atoms with van der Waals surface area (Å²) in [6.45, 7) is 7.75. The van der Waals surface area contributed by atoms with Crippen LogP contribution in [0.25, 0.3) is 0 Å². The lowest BCUT2D eigenvalue weighted by Crippen LogP contribution is -2.24. The fourth-order valence-electron chi connectivity index (χ4n) is 1.40. The molecule has 1 aliphatic rings. The molecule has 1 aliphatic heterocycles. The van der Waals surface area contributed by atoms with Gasteiger partial charge >= 0.3 is 0 Å². The molecule has 0 radical (unpaired) electrons. The van der Waals surface area contributed by atoms with Gasteiger partial charge < -0.3 is 9.64 Å². The van der Waals surface area contributed by atoms with E-state index in [0.29, 0.717) is 17.6 Å². The standard InChI is InChI=1S/C9H19NO/c1-9(2,3)8-7(11-8)6-10(4)5/h7-8H,6H2,1-5H3. The van der Waals surface area contributed by atoms with Crippen molar-refractivity contribution in [1.29, 1.82) is 0 Å². The van der Waals surface area contributed by atoms with E-state index in [9.17, 15) is 0 Å². The fourth-order valence-corrected chi connectivity index (χ4v) is 1.40. The van der Waals surface area contributed by atoms with Gasteiger partial charge in [-0.1, -0.05) is 20.8 Å². The SMILES string of the molecule is CN(C)CC1OC1C(C)(C)C. The molecule has 0 aromatic carbocycles. The van der Waals surface area contributed by atoms with Crippen LogP contribution in [0.15, 0.2) is 0 Å². The predicted octanol–water partition coefficient (Wildman–Crippen LogP) is 1.36. The van der Waals surface area contributed by atoms with Gasteiger partial charge in [0.25, 0.3) is 0 Å². The first-order valence-corrected chi connectivity index (χ1v) is 4.21. The summed E-state index contributed by atoms with van der Waals surface area (Å²) in [4.78, 5) is 2.18. The van der Waals surface area contributed by atoms with Gasteiger partial charge in [-0.2, -0.15) is 0 Å². The molecule has 0 amide bonds. The zero-order valence-corrected chi connectivity index (χ0v) is 8.22. The monoisotopic (exact) mass is 157 g/mol. The molecule has 2 atom stereocenters. The Balaban J connectivity index is 2.27. The number of likely N-dealkylation sites (N-methyl/N-ethyl adjacent to an activating group) is 1. The third kappa shape index (κ3) is 2.46. The Hall–Kier alpha value is -0.0800. The maximum Gasteiger partial charge on any atom is 0.0973 e. The molecule has 0 aromatic heterocycles. The minimum Gasteiger partial charge on any atom is -0.368 e. The van der Waals surface area contributed by atoms with Gasteiger partial charge in [0.15, 0.2) is 0 Å². The van der Waals surface area contributed by atoms with Crippen molar-refractivity contribution in [3.63, 3.8) is 0 Å². The summed E-state index contributed by atoms with van der Waals surface area (Å²) in [7, 11) is 4.17. The molecule has 2 heteroatoms. The van der Waals surface area contributed by atoms with Gasteiger partial charge in [0, 0.05) is 6.54 Å². The number of epoxide rings is 1. The normalized spacial score (nSPS) is 31.1. The molecule has 0 aromatic rings. The number of hydrogen-bond donors (Lipinski definition) is 0. The van der Waals surface area contributed by atoms with Gasteiger partial charge in [-0.3, -0.25) is 0 Å². The number of ether oxygens (including phenoxy) is 1. The highest BCUT2D eigenvalue weighted by Gasteiger charge is 2.46. The summed E-state index contributed by atoms with van der Waals surface area (Å²) in [6, 6.07) is 0. The molecule has 0 aliphatic carbocycles. The quantitative estimate of drug-likeness (QED) is 0.562. The Kier molecular flexibility index (Phi) is 2.26. The van der Waals surface area contributed by atoms with Gasteiger partial charge in [0.05, 0.1) is 12.2 Å². The molecule has 11 heavy (non-hydrogen) atoms. The third-order valence-corrected chi connectivity index (χ3v) is 1.98. The highest BCUT2D eigenvalue weighted by Crippen LogP contribution is 2.37. The number of rotatable bonds is 2. The van der Waals surface area contributed by atoms with E-state index >= 15 is 0 Å². The van der Waals surface area contributed by atoms with E-state index in [1.54, 1.807) is 0 Å². The predicted molar refractivity (Wildman–Crippen MR) is 46.7 cm³/mol. The van der Waals surface area contributed by atoms with Gasteiger partial charge in [0.1, 0.15) is 0 Å². The van der Waals surface area contributed by atoms with Gasteiger partial charge in [-0.25, -0.2) is 0 Å². The van der Waals surface area contributed by atoms with E-state index in [1.807, 2.05) is 0 Å². The van der Waals surface area contributed by atoms with Crippen molar-refractivity contribution in [2.45, 2.75) is 33.0 Å². The molecule has 1 heterocycles. The molecular formula is C9H19NO. The molecule has 1 fully saturated rings. The Morgan fingerprint density at radius 1 is 1.27 bits per heavy atom. The van der Waals surface area contributed by atoms with Crippen molar-refractivity contribution in [1.82, 2.24) is 4.90 Å². The van der Waals surface area contributed by atoms with E-state index < -0.39 is 0 Å². The summed E-state index contributed by atoms with van der Waals surface area (Å²) in [5, 5.41) is 0. The molecule has 1 saturated heterocycles. The maximum atomic E-state index is 5.55. The van der Waals surface area contributed by atoms with Crippen LogP contribution in [0.3, 0.4) is 0 Å². The van der Waals surface area contributed by atoms with Crippen LogP contribution in [-0.4, -0.2) is 37.7 Å².